The molecular formula is C20H16BrFO2. The fraction of sp³-hybridized carbons (Fsp3) is 0.100. The lowest BCUT2D eigenvalue weighted by atomic mass is 10.2. The molecule has 24 heavy (non-hydrogen) atoms. The highest BCUT2D eigenvalue weighted by Crippen LogP contribution is 2.33. The molecular weight excluding hydrogens is 371 g/mol. The van der Waals surface area contributed by atoms with Crippen molar-refractivity contribution >= 4 is 15.9 Å². The summed E-state index contributed by atoms with van der Waals surface area (Å²) in [7, 11) is 0. The molecule has 0 heterocycles. The Morgan fingerprint density at radius 1 is 0.708 bits per heavy atom. The van der Waals surface area contributed by atoms with Crippen molar-refractivity contribution in [3.05, 3.63) is 94.2 Å². The van der Waals surface area contributed by atoms with Gasteiger partial charge in [0.1, 0.15) is 19.0 Å². The molecule has 0 unspecified atom stereocenters. The minimum absolute atomic E-state index is 0.171. The van der Waals surface area contributed by atoms with Gasteiger partial charge in [-0.15, -0.1) is 0 Å². The number of ether oxygens (including phenoxy) is 2. The Bertz CT molecular complexity index is 727. The Hall–Kier alpha value is -2.33. The van der Waals surface area contributed by atoms with Gasteiger partial charge in [-0.3, -0.25) is 0 Å². The fourth-order valence-electron chi connectivity index (χ4n) is 2.20. The summed E-state index contributed by atoms with van der Waals surface area (Å²) in [5, 5.41) is 0. The third-order valence-electron chi connectivity index (χ3n) is 3.46. The van der Waals surface area contributed by atoms with Crippen LogP contribution in [0.1, 0.15) is 11.1 Å². The molecule has 3 rings (SSSR count). The maximum atomic E-state index is 14.1. The minimum Gasteiger partial charge on any atom is -0.488 e. The van der Waals surface area contributed by atoms with Crippen LogP contribution < -0.4 is 9.47 Å². The summed E-state index contributed by atoms with van der Waals surface area (Å²) < 4.78 is 26.0. The van der Waals surface area contributed by atoms with Crippen molar-refractivity contribution in [1.29, 1.82) is 0 Å². The highest BCUT2D eigenvalue weighted by Gasteiger charge is 2.11. The summed E-state index contributed by atoms with van der Waals surface area (Å²) in [4.78, 5) is 0. The molecule has 0 N–H and O–H groups in total. The molecule has 3 aromatic rings. The Morgan fingerprint density at radius 3 is 1.75 bits per heavy atom. The standard InChI is InChI=1S/C20H16BrFO2/c21-17-11-18(22)20(24-14-16-9-5-2-6-10-16)12-19(17)23-13-15-7-3-1-4-8-15/h1-12H,13-14H2. The van der Waals surface area contributed by atoms with Crippen LogP contribution in [0.5, 0.6) is 11.5 Å². The summed E-state index contributed by atoms with van der Waals surface area (Å²) in [5.41, 5.74) is 2.02. The van der Waals surface area contributed by atoms with Gasteiger partial charge in [-0.05, 0) is 33.1 Å². The zero-order chi connectivity index (χ0) is 16.8. The molecule has 0 radical (unpaired) electrons. The van der Waals surface area contributed by atoms with Gasteiger partial charge >= 0.3 is 0 Å². The first kappa shape index (κ1) is 16.5. The lowest BCUT2D eigenvalue weighted by Gasteiger charge is -2.12. The highest BCUT2D eigenvalue weighted by atomic mass is 79.9. The molecule has 122 valence electrons. The van der Waals surface area contributed by atoms with Crippen LogP contribution in [0.3, 0.4) is 0 Å². The molecule has 0 aromatic heterocycles. The zero-order valence-electron chi connectivity index (χ0n) is 12.9. The number of halogens is 2. The van der Waals surface area contributed by atoms with Crippen LogP contribution in [0.15, 0.2) is 77.3 Å². The number of hydrogen-bond donors (Lipinski definition) is 0. The normalized spacial score (nSPS) is 10.4. The van der Waals surface area contributed by atoms with Gasteiger partial charge in [0.25, 0.3) is 0 Å². The first-order valence-electron chi connectivity index (χ1n) is 7.55. The van der Waals surface area contributed by atoms with Gasteiger partial charge in [-0.1, -0.05) is 60.7 Å². The van der Waals surface area contributed by atoms with Gasteiger partial charge in [-0.2, -0.15) is 0 Å². The lowest BCUT2D eigenvalue weighted by Crippen LogP contribution is -2.00. The van der Waals surface area contributed by atoms with E-state index in [0.717, 1.165) is 11.1 Å². The van der Waals surface area contributed by atoms with E-state index in [1.807, 2.05) is 60.7 Å². The van der Waals surface area contributed by atoms with Crippen molar-refractivity contribution in [3.63, 3.8) is 0 Å². The lowest BCUT2D eigenvalue weighted by molar-refractivity contribution is 0.277. The van der Waals surface area contributed by atoms with E-state index >= 15 is 0 Å². The van der Waals surface area contributed by atoms with Crippen molar-refractivity contribution in [1.82, 2.24) is 0 Å². The molecule has 0 aliphatic heterocycles. The smallest absolute Gasteiger partial charge is 0.166 e. The topological polar surface area (TPSA) is 18.5 Å². The number of benzene rings is 3. The van der Waals surface area contributed by atoms with E-state index in [2.05, 4.69) is 15.9 Å². The summed E-state index contributed by atoms with van der Waals surface area (Å²) in [6.07, 6.45) is 0. The molecule has 0 fully saturated rings. The van der Waals surface area contributed by atoms with Crippen LogP contribution in [0, 0.1) is 5.82 Å². The number of hydrogen-bond acceptors (Lipinski definition) is 2. The predicted molar refractivity (Wildman–Crippen MR) is 95.6 cm³/mol. The van der Waals surface area contributed by atoms with Crippen LogP contribution in [0.25, 0.3) is 0 Å². The third-order valence-corrected chi connectivity index (χ3v) is 4.08. The molecule has 4 heteroatoms. The maximum absolute atomic E-state index is 14.1. The molecule has 0 atom stereocenters. The van der Waals surface area contributed by atoms with Crippen LogP contribution in [0.2, 0.25) is 0 Å². The Balaban J connectivity index is 1.71. The van der Waals surface area contributed by atoms with Gasteiger partial charge in [0, 0.05) is 6.07 Å². The highest BCUT2D eigenvalue weighted by molar-refractivity contribution is 9.10. The minimum atomic E-state index is -0.426. The van der Waals surface area contributed by atoms with E-state index in [1.54, 1.807) is 6.07 Å². The maximum Gasteiger partial charge on any atom is 0.166 e. The quantitative estimate of drug-likeness (QED) is 0.537. The van der Waals surface area contributed by atoms with Gasteiger partial charge in [0.15, 0.2) is 11.6 Å². The molecule has 3 aromatic carbocycles. The van der Waals surface area contributed by atoms with Gasteiger partial charge in [-0.25, -0.2) is 4.39 Å². The summed E-state index contributed by atoms with van der Waals surface area (Å²) in [5.74, 6) is 0.290. The van der Waals surface area contributed by atoms with Crippen LogP contribution in [-0.4, -0.2) is 0 Å². The first-order chi connectivity index (χ1) is 11.7. The molecule has 0 aliphatic carbocycles. The second-order valence-electron chi connectivity index (χ2n) is 5.26. The molecule has 0 amide bonds. The predicted octanol–water partition coefficient (Wildman–Crippen LogP) is 5.75. The molecule has 2 nitrogen and oxygen atoms in total. The summed E-state index contributed by atoms with van der Waals surface area (Å²) in [6, 6.07) is 22.4. The van der Waals surface area contributed by atoms with Crippen LogP contribution in [0.4, 0.5) is 4.39 Å². The first-order valence-corrected chi connectivity index (χ1v) is 8.34. The fourth-order valence-corrected chi connectivity index (χ4v) is 2.63. The Kier molecular flexibility index (Phi) is 5.49. The van der Waals surface area contributed by atoms with Gasteiger partial charge < -0.3 is 9.47 Å². The van der Waals surface area contributed by atoms with E-state index < -0.39 is 5.82 Å². The van der Waals surface area contributed by atoms with Crippen molar-refractivity contribution in [3.8, 4) is 11.5 Å². The van der Waals surface area contributed by atoms with Gasteiger partial charge in [0.05, 0.1) is 4.47 Å². The van der Waals surface area contributed by atoms with Crippen molar-refractivity contribution in [2.45, 2.75) is 13.2 Å². The van der Waals surface area contributed by atoms with Crippen molar-refractivity contribution < 1.29 is 13.9 Å². The largest absolute Gasteiger partial charge is 0.488 e. The Morgan fingerprint density at radius 2 is 1.21 bits per heavy atom. The van der Waals surface area contributed by atoms with Crippen LogP contribution in [-0.2, 0) is 13.2 Å². The second-order valence-corrected chi connectivity index (χ2v) is 6.12. The molecule has 0 saturated carbocycles. The molecule has 0 saturated heterocycles. The van der Waals surface area contributed by atoms with Crippen molar-refractivity contribution in [2.24, 2.45) is 0 Å². The van der Waals surface area contributed by atoms with E-state index in [1.165, 1.54) is 6.07 Å². The van der Waals surface area contributed by atoms with Crippen LogP contribution >= 0.6 is 15.9 Å². The second kappa shape index (κ2) is 7.97. The summed E-state index contributed by atoms with van der Waals surface area (Å²) in [6.45, 7) is 0.709. The van der Waals surface area contributed by atoms with E-state index in [-0.39, 0.29) is 5.75 Å². The monoisotopic (exact) mass is 386 g/mol. The zero-order valence-corrected chi connectivity index (χ0v) is 14.5. The van der Waals surface area contributed by atoms with E-state index in [4.69, 9.17) is 9.47 Å². The van der Waals surface area contributed by atoms with Gasteiger partial charge in [0.2, 0.25) is 0 Å². The Labute approximate surface area is 149 Å². The average Bonchev–Trinajstić information content (AvgIpc) is 2.62. The van der Waals surface area contributed by atoms with E-state index in [0.29, 0.717) is 23.4 Å². The molecule has 0 spiro atoms. The summed E-state index contributed by atoms with van der Waals surface area (Å²) >= 11 is 3.33. The SMILES string of the molecule is Fc1cc(Br)c(OCc2ccccc2)cc1OCc1ccccc1. The van der Waals surface area contributed by atoms with E-state index in [9.17, 15) is 4.39 Å². The average molecular weight is 387 g/mol. The third kappa shape index (κ3) is 4.36. The molecule has 0 aliphatic rings. The van der Waals surface area contributed by atoms with Crippen molar-refractivity contribution in [2.75, 3.05) is 0 Å². The molecule has 0 bridgehead atoms. The number of rotatable bonds is 6.